The lowest BCUT2D eigenvalue weighted by molar-refractivity contribution is -0.122. The molecule has 1 aliphatic rings. The third-order valence-electron chi connectivity index (χ3n) is 4.70. The lowest BCUT2D eigenvalue weighted by Gasteiger charge is -2.34. The maximum atomic E-state index is 13.2. The molecule has 0 unspecified atom stereocenters. The van der Waals surface area contributed by atoms with Crippen LogP contribution in [0, 0.1) is 17.1 Å². The van der Waals surface area contributed by atoms with Crippen molar-refractivity contribution in [3.8, 4) is 11.8 Å². The maximum absolute atomic E-state index is 13.2. The van der Waals surface area contributed by atoms with Gasteiger partial charge in [0.2, 0.25) is 0 Å². The number of phenolic OH excluding ortho intramolecular Hbond substituents is 1. The summed E-state index contributed by atoms with van der Waals surface area (Å²) in [4.78, 5) is 16.4. The Kier molecular flexibility index (Phi) is 6.89. The second-order valence-electron chi connectivity index (χ2n) is 6.86. The third kappa shape index (κ3) is 6.10. The molecule has 1 saturated heterocycles. The van der Waals surface area contributed by atoms with Gasteiger partial charge in [0.15, 0.2) is 0 Å². The first-order chi connectivity index (χ1) is 14.0. The molecule has 0 aromatic heterocycles. The lowest BCUT2D eigenvalue weighted by atomic mass is 10.1. The van der Waals surface area contributed by atoms with Crippen molar-refractivity contribution in [3.63, 3.8) is 0 Å². The Labute approximate surface area is 168 Å². The fourth-order valence-corrected chi connectivity index (χ4v) is 3.09. The average Bonchev–Trinajstić information content (AvgIpc) is 2.72. The summed E-state index contributed by atoms with van der Waals surface area (Å²) in [6.07, 6.45) is 1.21. The number of piperazine rings is 1. The van der Waals surface area contributed by atoms with E-state index in [1.54, 1.807) is 0 Å². The van der Waals surface area contributed by atoms with Crippen molar-refractivity contribution in [3.05, 3.63) is 65.0 Å². The zero-order valence-corrected chi connectivity index (χ0v) is 15.9. The van der Waals surface area contributed by atoms with Gasteiger partial charge in [-0.15, -0.1) is 0 Å². The number of carbonyl (C=O) groups is 1. The Morgan fingerprint density at radius 1 is 1.17 bits per heavy atom. The second kappa shape index (κ2) is 9.78. The lowest BCUT2D eigenvalue weighted by Crippen LogP contribution is -2.48. The molecule has 0 radical (unpaired) electrons. The number of hydrazone groups is 1. The molecule has 0 bridgehead atoms. The van der Waals surface area contributed by atoms with Crippen LogP contribution in [-0.4, -0.2) is 59.8 Å². The normalized spacial score (nSPS) is 15.3. The summed E-state index contributed by atoms with van der Waals surface area (Å²) in [7, 11) is 0. The topological polar surface area (TPSA) is 92.0 Å². The van der Waals surface area contributed by atoms with Gasteiger partial charge >= 0.3 is 0 Å². The number of rotatable bonds is 6. The van der Waals surface area contributed by atoms with Gasteiger partial charge < -0.3 is 5.11 Å². The minimum atomic E-state index is -0.491. The molecule has 0 atom stereocenters. The van der Waals surface area contributed by atoms with Crippen LogP contribution in [0.1, 0.15) is 16.7 Å². The Hall–Kier alpha value is -3.28. The fourth-order valence-electron chi connectivity index (χ4n) is 3.09. The van der Waals surface area contributed by atoms with Gasteiger partial charge in [-0.05, 0) is 35.9 Å². The zero-order valence-electron chi connectivity index (χ0n) is 15.9. The fraction of sp³-hybridized carbons (Fsp3) is 0.286. The Balaban J connectivity index is 1.40. The van der Waals surface area contributed by atoms with E-state index in [0.29, 0.717) is 5.56 Å². The van der Waals surface area contributed by atoms with Gasteiger partial charge in [0, 0.05) is 38.3 Å². The molecule has 0 aliphatic carbocycles. The molecule has 1 amide bonds. The van der Waals surface area contributed by atoms with E-state index >= 15 is 0 Å². The molecular weight excluding hydrogens is 373 g/mol. The number of benzene rings is 2. The predicted molar refractivity (Wildman–Crippen MR) is 107 cm³/mol. The summed E-state index contributed by atoms with van der Waals surface area (Å²) in [5, 5.41) is 22.3. The van der Waals surface area contributed by atoms with E-state index in [1.165, 1.54) is 12.3 Å². The van der Waals surface area contributed by atoms with E-state index in [4.69, 9.17) is 5.26 Å². The largest absolute Gasteiger partial charge is 0.507 e. The number of hydrogen-bond acceptors (Lipinski definition) is 6. The summed E-state index contributed by atoms with van der Waals surface area (Å²) in [6.45, 7) is 4.24. The van der Waals surface area contributed by atoms with Crippen LogP contribution in [0.25, 0.3) is 0 Å². The smallest absolute Gasteiger partial charge is 0.254 e. The first-order valence-electron chi connectivity index (χ1n) is 9.27. The van der Waals surface area contributed by atoms with Crippen LogP contribution in [-0.2, 0) is 11.3 Å². The van der Waals surface area contributed by atoms with Gasteiger partial charge in [-0.2, -0.15) is 10.4 Å². The SMILES string of the molecule is N#Cc1ccc(CN2CCN(CC(=O)N/N=C/c3cc(F)ccc3O)CC2)cc1. The molecule has 0 spiro atoms. The van der Waals surface area contributed by atoms with Crippen LogP contribution in [0.2, 0.25) is 0 Å². The Morgan fingerprint density at radius 3 is 2.55 bits per heavy atom. The minimum absolute atomic E-state index is 0.109. The average molecular weight is 395 g/mol. The molecule has 2 N–H and O–H groups in total. The number of nitriles is 1. The van der Waals surface area contributed by atoms with Gasteiger partial charge in [-0.3, -0.25) is 14.6 Å². The first-order valence-corrected chi connectivity index (χ1v) is 9.27. The number of halogens is 1. The molecule has 8 heteroatoms. The van der Waals surface area contributed by atoms with Crippen molar-refractivity contribution in [1.82, 2.24) is 15.2 Å². The molecule has 7 nitrogen and oxygen atoms in total. The van der Waals surface area contributed by atoms with E-state index in [-0.39, 0.29) is 23.8 Å². The summed E-state index contributed by atoms with van der Waals surface area (Å²) in [6, 6.07) is 13.2. The molecule has 150 valence electrons. The number of nitrogens with zero attached hydrogens (tertiary/aromatic N) is 4. The van der Waals surface area contributed by atoms with Gasteiger partial charge in [0.05, 0.1) is 24.4 Å². The van der Waals surface area contributed by atoms with E-state index in [2.05, 4.69) is 21.5 Å². The zero-order chi connectivity index (χ0) is 20.6. The molecule has 1 aliphatic heterocycles. The molecule has 1 fully saturated rings. The van der Waals surface area contributed by atoms with Crippen LogP contribution in [0.3, 0.4) is 0 Å². The molecule has 2 aromatic carbocycles. The molecule has 2 aromatic rings. The first kappa shape index (κ1) is 20.5. The van der Waals surface area contributed by atoms with Crippen molar-refractivity contribution in [2.75, 3.05) is 32.7 Å². The van der Waals surface area contributed by atoms with E-state index in [1.807, 2.05) is 29.2 Å². The molecule has 0 saturated carbocycles. The predicted octanol–water partition coefficient (Wildman–Crippen LogP) is 1.67. The number of nitrogens with one attached hydrogen (secondary N) is 1. The van der Waals surface area contributed by atoms with Crippen LogP contribution in [0.5, 0.6) is 5.75 Å². The van der Waals surface area contributed by atoms with Gasteiger partial charge in [0.1, 0.15) is 11.6 Å². The van der Waals surface area contributed by atoms with Crippen molar-refractivity contribution in [2.45, 2.75) is 6.54 Å². The van der Waals surface area contributed by atoms with Crippen molar-refractivity contribution in [1.29, 1.82) is 5.26 Å². The number of hydrogen-bond donors (Lipinski definition) is 2. The maximum Gasteiger partial charge on any atom is 0.254 e. The number of carbonyl (C=O) groups excluding carboxylic acids is 1. The third-order valence-corrected chi connectivity index (χ3v) is 4.70. The van der Waals surface area contributed by atoms with Crippen molar-refractivity contribution >= 4 is 12.1 Å². The molecule has 3 rings (SSSR count). The highest BCUT2D eigenvalue weighted by Gasteiger charge is 2.18. The van der Waals surface area contributed by atoms with Crippen LogP contribution in [0.15, 0.2) is 47.6 Å². The molecular formula is C21H22FN5O2. The number of phenols is 1. The highest BCUT2D eigenvalue weighted by Crippen LogP contribution is 2.15. The standard InChI is InChI=1S/C21H22FN5O2/c22-19-5-6-20(28)18(11-19)13-24-25-21(29)15-27-9-7-26(8-10-27)14-17-3-1-16(12-23)2-4-17/h1-6,11,13,28H,7-10,14-15H2,(H,25,29)/b24-13+. The van der Waals surface area contributed by atoms with Gasteiger partial charge in [-0.25, -0.2) is 9.82 Å². The summed E-state index contributed by atoms with van der Waals surface area (Å²) in [5.74, 6) is -0.866. The van der Waals surface area contributed by atoms with E-state index in [0.717, 1.165) is 50.4 Å². The van der Waals surface area contributed by atoms with Crippen LogP contribution >= 0.6 is 0 Å². The second-order valence-corrected chi connectivity index (χ2v) is 6.86. The number of aromatic hydroxyl groups is 1. The van der Waals surface area contributed by atoms with E-state index in [9.17, 15) is 14.3 Å². The van der Waals surface area contributed by atoms with Gasteiger partial charge in [0.25, 0.3) is 5.91 Å². The Bertz CT molecular complexity index is 916. The highest BCUT2D eigenvalue weighted by atomic mass is 19.1. The molecule has 1 heterocycles. The Morgan fingerprint density at radius 2 is 1.86 bits per heavy atom. The van der Waals surface area contributed by atoms with Crippen molar-refractivity contribution < 1.29 is 14.3 Å². The summed E-state index contributed by atoms with van der Waals surface area (Å²) >= 11 is 0. The minimum Gasteiger partial charge on any atom is -0.507 e. The van der Waals surface area contributed by atoms with Gasteiger partial charge in [-0.1, -0.05) is 12.1 Å². The summed E-state index contributed by atoms with van der Waals surface area (Å²) in [5.41, 5.74) is 4.41. The van der Waals surface area contributed by atoms with Crippen molar-refractivity contribution in [2.24, 2.45) is 5.10 Å². The monoisotopic (exact) mass is 395 g/mol. The van der Waals surface area contributed by atoms with Crippen LogP contribution < -0.4 is 5.43 Å². The molecule has 29 heavy (non-hydrogen) atoms. The highest BCUT2D eigenvalue weighted by molar-refractivity contribution is 5.85. The van der Waals surface area contributed by atoms with Crippen LogP contribution in [0.4, 0.5) is 4.39 Å². The number of amides is 1. The quantitative estimate of drug-likeness (QED) is 0.574. The van der Waals surface area contributed by atoms with E-state index < -0.39 is 5.82 Å². The summed E-state index contributed by atoms with van der Waals surface area (Å²) < 4.78 is 13.2.